The van der Waals surface area contributed by atoms with Crippen LogP contribution in [0, 0.1) is 0 Å². The Hall–Kier alpha value is -0.330. The van der Waals surface area contributed by atoms with Gasteiger partial charge >= 0.3 is 6.18 Å². The van der Waals surface area contributed by atoms with Crippen molar-refractivity contribution in [2.75, 3.05) is 13.2 Å². The Bertz CT molecular complexity index is 106. The molecule has 0 aromatic rings. The quantitative estimate of drug-likeness (QED) is 0.604. The Balaban J connectivity index is 3.28. The zero-order valence-electron chi connectivity index (χ0n) is 6.11. The Morgan fingerprint density at radius 1 is 1.55 bits per heavy atom. The van der Waals surface area contributed by atoms with E-state index in [0.29, 0.717) is 0 Å². The average Bonchev–Trinajstić information content (AvgIpc) is 1.85. The molecular weight excluding hydrogens is 161 g/mol. The van der Waals surface area contributed by atoms with Crippen LogP contribution in [0.5, 0.6) is 0 Å². The fourth-order valence-electron chi connectivity index (χ4n) is 0.314. The summed E-state index contributed by atoms with van der Waals surface area (Å²) in [5.41, 5.74) is 7.24. The van der Waals surface area contributed by atoms with Gasteiger partial charge in [-0.25, -0.2) is 0 Å². The molecule has 1 unspecified atom stereocenters. The number of hydroxylamine groups is 1. The molecule has 0 spiro atoms. The monoisotopic (exact) mass is 172 g/mol. The molecule has 0 saturated heterocycles. The molecule has 11 heavy (non-hydrogen) atoms. The standard InChI is InChI=1S/C5H11F3N2O/c1-4(2-9)10-11-3-5(6,7)8/h4,10H,2-3,9H2,1H3. The van der Waals surface area contributed by atoms with Gasteiger partial charge in [-0.3, -0.25) is 4.84 Å². The molecule has 0 radical (unpaired) electrons. The van der Waals surface area contributed by atoms with Crippen LogP contribution in [0.25, 0.3) is 0 Å². The highest BCUT2D eigenvalue weighted by atomic mass is 19.4. The molecule has 0 aliphatic heterocycles. The van der Waals surface area contributed by atoms with Gasteiger partial charge in [0.2, 0.25) is 0 Å². The highest BCUT2D eigenvalue weighted by molar-refractivity contribution is 4.53. The number of nitrogens with two attached hydrogens (primary N) is 1. The lowest BCUT2D eigenvalue weighted by molar-refractivity contribution is -0.192. The van der Waals surface area contributed by atoms with Gasteiger partial charge in [-0.1, -0.05) is 0 Å². The van der Waals surface area contributed by atoms with E-state index in [2.05, 4.69) is 10.3 Å². The summed E-state index contributed by atoms with van der Waals surface area (Å²) < 4.78 is 34.2. The largest absolute Gasteiger partial charge is 0.413 e. The molecule has 0 aliphatic carbocycles. The minimum Gasteiger partial charge on any atom is -0.329 e. The van der Waals surface area contributed by atoms with Gasteiger partial charge in [0.1, 0.15) is 0 Å². The zero-order valence-corrected chi connectivity index (χ0v) is 6.11. The summed E-state index contributed by atoms with van der Waals surface area (Å²) in [6.07, 6.45) is -4.29. The van der Waals surface area contributed by atoms with Crippen LogP contribution in [0.2, 0.25) is 0 Å². The molecule has 3 N–H and O–H groups in total. The maximum absolute atomic E-state index is 11.4. The van der Waals surface area contributed by atoms with Crippen LogP contribution in [0.1, 0.15) is 6.92 Å². The molecule has 0 aromatic carbocycles. The van der Waals surface area contributed by atoms with Crippen molar-refractivity contribution < 1.29 is 18.0 Å². The minimum absolute atomic E-state index is 0.234. The van der Waals surface area contributed by atoms with E-state index in [1.54, 1.807) is 6.92 Å². The summed E-state index contributed by atoms with van der Waals surface area (Å²) >= 11 is 0. The Morgan fingerprint density at radius 3 is 2.45 bits per heavy atom. The van der Waals surface area contributed by atoms with Crippen LogP contribution in [-0.4, -0.2) is 25.4 Å². The Kier molecular flexibility index (Phi) is 4.39. The number of nitrogens with one attached hydrogen (secondary N) is 1. The maximum atomic E-state index is 11.4. The lowest BCUT2D eigenvalue weighted by Crippen LogP contribution is -2.35. The topological polar surface area (TPSA) is 47.3 Å². The molecule has 0 saturated carbocycles. The predicted molar refractivity (Wildman–Crippen MR) is 33.7 cm³/mol. The smallest absolute Gasteiger partial charge is 0.329 e. The molecule has 6 heteroatoms. The number of hydrogen-bond acceptors (Lipinski definition) is 3. The lowest BCUT2D eigenvalue weighted by Gasteiger charge is -2.12. The Morgan fingerprint density at radius 2 is 2.09 bits per heavy atom. The highest BCUT2D eigenvalue weighted by Gasteiger charge is 2.27. The fraction of sp³-hybridized carbons (Fsp3) is 1.00. The fourth-order valence-corrected chi connectivity index (χ4v) is 0.314. The maximum Gasteiger partial charge on any atom is 0.413 e. The van der Waals surface area contributed by atoms with Crippen molar-refractivity contribution in [2.24, 2.45) is 5.73 Å². The van der Waals surface area contributed by atoms with E-state index in [1.807, 2.05) is 0 Å². The first kappa shape index (κ1) is 10.7. The molecular formula is C5H11F3N2O. The number of hydrogen-bond donors (Lipinski definition) is 2. The van der Waals surface area contributed by atoms with E-state index in [-0.39, 0.29) is 12.6 Å². The molecule has 3 nitrogen and oxygen atoms in total. The molecule has 1 atom stereocenters. The van der Waals surface area contributed by atoms with Crippen molar-refractivity contribution in [3.05, 3.63) is 0 Å². The van der Waals surface area contributed by atoms with Crippen LogP contribution in [0.15, 0.2) is 0 Å². The van der Waals surface area contributed by atoms with E-state index in [9.17, 15) is 13.2 Å². The van der Waals surface area contributed by atoms with E-state index in [1.165, 1.54) is 0 Å². The van der Waals surface area contributed by atoms with Crippen LogP contribution in [0.3, 0.4) is 0 Å². The van der Waals surface area contributed by atoms with Gasteiger partial charge in [0.05, 0.1) is 0 Å². The summed E-state index contributed by atoms with van der Waals surface area (Å²) in [6.45, 7) is 0.561. The van der Waals surface area contributed by atoms with Crippen molar-refractivity contribution in [2.45, 2.75) is 19.1 Å². The lowest BCUT2D eigenvalue weighted by atomic mass is 10.4. The van der Waals surface area contributed by atoms with E-state index >= 15 is 0 Å². The third-order valence-electron chi connectivity index (χ3n) is 0.874. The highest BCUT2D eigenvalue weighted by Crippen LogP contribution is 2.13. The van der Waals surface area contributed by atoms with Gasteiger partial charge in [0.15, 0.2) is 6.61 Å². The first-order valence-corrected chi connectivity index (χ1v) is 3.10. The number of alkyl halides is 3. The van der Waals surface area contributed by atoms with Gasteiger partial charge in [0, 0.05) is 12.6 Å². The zero-order chi connectivity index (χ0) is 8.91. The average molecular weight is 172 g/mol. The number of halogens is 3. The minimum atomic E-state index is -4.29. The SMILES string of the molecule is CC(CN)NOCC(F)(F)F. The molecule has 0 amide bonds. The second-order valence-corrected chi connectivity index (χ2v) is 2.16. The van der Waals surface area contributed by atoms with Crippen LogP contribution < -0.4 is 11.2 Å². The molecule has 68 valence electrons. The van der Waals surface area contributed by atoms with Crippen molar-refractivity contribution in [1.29, 1.82) is 0 Å². The van der Waals surface area contributed by atoms with Crippen molar-refractivity contribution in [3.8, 4) is 0 Å². The van der Waals surface area contributed by atoms with E-state index < -0.39 is 12.8 Å². The van der Waals surface area contributed by atoms with Crippen LogP contribution in [0.4, 0.5) is 13.2 Å². The Labute approximate surface area is 62.7 Å². The summed E-state index contributed by atoms with van der Waals surface area (Å²) in [6, 6.07) is -0.266. The van der Waals surface area contributed by atoms with Crippen molar-refractivity contribution in [3.63, 3.8) is 0 Å². The predicted octanol–water partition coefficient (Wildman–Crippen LogP) is 0.417. The molecule has 0 bridgehead atoms. The third kappa shape index (κ3) is 7.57. The van der Waals surface area contributed by atoms with Gasteiger partial charge in [-0.2, -0.15) is 18.7 Å². The first-order chi connectivity index (χ1) is 4.95. The van der Waals surface area contributed by atoms with E-state index in [0.717, 1.165) is 0 Å². The third-order valence-corrected chi connectivity index (χ3v) is 0.874. The first-order valence-electron chi connectivity index (χ1n) is 3.10. The summed E-state index contributed by atoms with van der Waals surface area (Å²) in [5, 5.41) is 0. The number of rotatable bonds is 4. The van der Waals surface area contributed by atoms with Gasteiger partial charge in [-0.05, 0) is 6.92 Å². The van der Waals surface area contributed by atoms with Gasteiger partial charge in [0.25, 0.3) is 0 Å². The molecule has 0 fully saturated rings. The second-order valence-electron chi connectivity index (χ2n) is 2.16. The summed E-state index contributed by atoms with van der Waals surface area (Å²) in [7, 11) is 0. The van der Waals surface area contributed by atoms with Crippen molar-refractivity contribution >= 4 is 0 Å². The van der Waals surface area contributed by atoms with Gasteiger partial charge < -0.3 is 5.73 Å². The summed E-state index contributed by atoms with van der Waals surface area (Å²) in [5.74, 6) is 0. The molecule has 0 aliphatic rings. The van der Waals surface area contributed by atoms with Gasteiger partial charge in [-0.15, -0.1) is 0 Å². The molecule has 0 aromatic heterocycles. The summed E-state index contributed by atoms with van der Waals surface area (Å²) in [4.78, 5) is 4.10. The van der Waals surface area contributed by atoms with Crippen molar-refractivity contribution in [1.82, 2.24) is 5.48 Å². The normalized spacial score (nSPS) is 15.0. The van der Waals surface area contributed by atoms with E-state index in [4.69, 9.17) is 5.73 Å². The van der Waals surface area contributed by atoms with Crippen LogP contribution >= 0.6 is 0 Å². The molecule has 0 rings (SSSR count). The second kappa shape index (κ2) is 4.53. The van der Waals surface area contributed by atoms with Crippen LogP contribution in [-0.2, 0) is 4.84 Å². The molecule has 0 heterocycles.